The largest absolute Gasteiger partial charge is 0.481 e. The molecule has 0 fully saturated rings. The molecule has 2 heterocycles. The molecule has 0 aliphatic heterocycles. The number of carbonyl (C=O) groups is 1. The van der Waals surface area contributed by atoms with Crippen molar-refractivity contribution in [1.82, 2.24) is 9.97 Å². The Labute approximate surface area is 80.6 Å². The molecule has 0 bridgehead atoms. The van der Waals surface area contributed by atoms with Crippen LogP contribution >= 0.6 is 0 Å². The third kappa shape index (κ3) is 1.35. The number of hydrogen-bond donors (Lipinski definition) is 2. The molecule has 72 valence electrons. The van der Waals surface area contributed by atoms with Gasteiger partial charge in [0.05, 0.1) is 17.5 Å². The number of aliphatic carboxylic acids is 1. The van der Waals surface area contributed by atoms with E-state index in [0.717, 1.165) is 22.2 Å². The average molecular weight is 190 g/mol. The Morgan fingerprint density at radius 2 is 2.43 bits per heavy atom. The van der Waals surface area contributed by atoms with E-state index in [0.29, 0.717) is 0 Å². The maximum atomic E-state index is 10.6. The molecule has 0 radical (unpaired) electrons. The van der Waals surface area contributed by atoms with Gasteiger partial charge in [-0.2, -0.15) is 0 Å². The van der Waals surface area contributed by atoms with Crippen LogP contribution in [0.1, 0.15) is 11.1 Å². The summed E-state index contributed by atoms with van der Waals surface area (Å²) in [4.78, 5) is 17.8. The summed E-state index contributed by atoms with van der Waals surface area (Å²) < 4.78 is 0. The van der Waals surface area contributed by atoms with Crippen molar-refractivity contribution in [3.63, 3.8) is 0 Å². The normalized spacial score (nSPS) is 10.6. The summed E-state index contributed by atoms with van der Waals surface area (Å²) in [5, 5.41) is 8.67. The van der Waals surface area contributed by atoms with Crippen LogP contribution in [-0.4, -0.2) is 21.0 Å². The van der Waals surface area contributed by atoms with Gasteiger partial charge in [0.2, 0.25) is 0 Å². The Bertz CT molecular complexity index is 488. The van der Waals surface area contributed by atoms with Gasteiger partial charge in [0.1, 0.15) is 0 Å². The van der Waals surface area contributed by atoms with Crippen LogP contribution in [0.25, 0.3) is 11.0 Å². The summed E-state index contributed by atoms with van der Waals surface area (Å²) in [7, 11) is 0. The predicted octanol–water partition coefficient (Wildman–Crippen LogP) is 1.50. The second-order valence-electron chi connectivity index (χ2n) is 3.24. The van der Waals surface area contributed by atoms with E-state index in [1.54, 1.807) is 12.4 Å². The summed E-state index contributed by atoms with van der Waals surface area (Å²) in [6.07, 6.45) is 3.41. The van der Waals surface area contributed by atoms with Crippen LogP contribution < -0.4 is 0 Å². The van der Waals surface area contributed by atoms with Crippen molar-refractivity contribution >= 4 is 17.0 Å². The van der Waals surface area contributed by atoms with Gasteiger partial charge in [-0.25, -0.2) is 0 Å². The van der Waals surface area contributed by atoms with E-state index in [-0.39, 0.29) is 6.42 Å². The van der Waals surface area contributed by atoms with Gasteiger partial charge in [0, 0.05) is 18.0 Å². The van der Waals surface area contributed by atoms with Crippen molar-refractivity contribution in [2.24, 2.45) is 0 Å². The van der Waals surface area contributed by atoms with Crippen molar-refractivity contribution in [3.05, 3.63) is 29.6 Å². The van der Waals surface area contributed by atoms with E-state index < -0.39 is 5.97 Å². The molecule has 0 amide bonds. The molecule has 4 nitrogen and oxygen atoms in total. The van der Waals surface area contributed by atoms with Crippen molar-refractivity contribution in [2.75, 3.05) is 0 Å². The maximum absolute atomic E-state index is 10.6. The molecule has 0 unspecified atom stereocenters. The second-order valence-corrected chi connectivity index (χ2v) is 3.24. The molecule has 2 aromatic heterocycles. The van der Waals surface area contributed by atoms with Crippen LogP contribution in [-0.2, 0) is 11.2 Å². The minimum absolute atomic E-state index is 0.0104. The van der Waals surface area contributed by atoms with Crippen molar-refractivity contribution in [3.8, 4) is 0 Å². The fraction of sp³-hybridized carbons (Fsp3) is 0.200. The maximum Gasteiger partial charge on any atom is 0.307 e. The standard InChI is InChI=1S/C10H10N2O2/c1-6-2-3-11-10-7(4-8(13)14)5-12-9(6)10/h2-3,5,12H,4H2,1H3,(H,13,14). The van der Waals surface area contributed by atoms with Crippen LogP contribution in [0.3, 0.4) is 0 Å². The smallest absolute Gasteiger partial charge is 0.307 e. The molecule has 2 N–H and O–H groups in total. The summed E-state index contributed by atoms with van der Waals surface area (Å²) in [5.74, 6) is -0.839. The number of fused-ring (bicyclic) bond motifs is 1. The van der Waals surface area contributed by atoms with Crippen molar-refractivity contribution in [1.29, 1.82) is 0 Å². The number of aromatic nitrogens is 2. The third-order valence-electron chi connectivity index (χ3n) is 2.20. The van der Waals surface area contributed by atoms with Gasteiger partial charge in [-0.05, 0) is 18.6 Å². The molecular weight excluding hydrogens is 180 g/mol. The Kier molecular flexibility index (Phi) is 1.96. The number of H-pyrrole nitrogens is 1. The highest BCUT2D eigenvalue weighted by Crippen LogP contribution is 2.18. The number of nitrogens with one attached hydrogen (secondary N) is 1. The number of carboxylic acids is 1. The average Bonchev–Trinajstić information content (AvgIpc) is 2.49. The SMILES string of the molecule is Cc1ccnc2c(CC(=O)O)c[nH]c12. The van der Waals surface area contributed by atoms with E-state index in [2.05, 4.69) is 9.97 Å². The summed E-state index contributed by atoms with van der Waals surface area (Å²) in [5.41, 5.74) is 3.49. The zero-order valence-corrected chi connectivity index (χ0v) is 7.74. The fourth-order valence-electron chi connectivity index (χ4n) is 1.51. The van der Waals surface area contributed by atoms with Crippen LogP contribution in [0.15, 0.2) is 18.5 Å². The first-order valence-corrected chi connectivity index (χ1v) is 4.32. The van der Waals surface area contributed by atoms with Gasteiger partial charge in [0.25, 0.3) is 0 Å². The third-order valence-corrected chi connectivity index (χ3v) is 2.20. The quantitative estimate of drug-likeness (QED) is 0.754. The highest BCUT2D eigenvalue weighted by atomic mass is 16.4. The second kappa shape index (κ2) is 3.14. The predicted molar refractivity (Wildman–Crippen MR) is 52.2 cm³/mol. The summed E-state index contributed by atoms with van der Waals surface area (Å²) >= 11 is 0. The molecule has 4 heteroatoms. The number of aromatic amines is 1. The summed E-state index contributed by atoms with van der Waals surface area (Å²) in [6.45, 7) is 1.96. The number of aryl methyl sites for hydroxylation is 1. The van der Waals surface area contributed by atoms with Crippen molar-refractivity contribution in [2.45, 2.75) is 13.3 Å². The zero-order chi connectivity index (χ0) is 10.1. The number of pyridine rings is 1. The molecule has 14 heavy (non-hydrogen) atoms. The van der Waals surface area contributed by atoms with Gasteiger partial charge in [0.15, 0.2) is 0 Å². The fourth-order valence-corrected chi connectivity index (χ4v) is 1.51. The van der Waals surface area contributed by atoms with E-state index in [4.69, 9.17) is 5.11 Å². The van der Waals surface area contributed by atoms with E-state index in [1.165, 1.54) is 0 Å². The van der Waals surface area contributed by atoms with Gasteiger partial charge in [-0.15, -0.1) is 0 Å². The molecule has 0 spiro atoms. The van der Waals surface area contributed by atoms with Gasteiger partial charge >= 0.3 is 5.97 Å². The number of rotatable bonds is 2. The first kappa shape index (κ1) is 8.74. The lowest BCUT2D eigenvalue weighted by Crippen LogP contribution is -1.99. The molecule has 0 atom stereocenters. The summed E-state index contributed by atoms with van der Waals surface area (Å²) in [6, 6.07) is 1.89. The minimum atomic E-state index is -0.839. The van der Waals surface area contributed by atoms with Gasteiger partial charge in [-0.3, -0.25) is 9.78 Å². The molecule has 0 saturated carbocycles. The van der Waals surface area contributed by atoms with Crippen molar-refractivity contribution < 1.29 is 9.90 Å². The number of nitrogens with zero attached hydrogens (tertiary/aromatic N) is 1. The van der Waals surface area contributed by atoms with Gasteiger partial charge in [-0.1, -0.05) is 0 Å². The lowest BCUT2D eigenvalue weighted by molar-refractivity contribution is -0.136. The van der Waals surface area contributed by atoms with E-state index in [9.17, 15) is 4.79 Å². The Hall–Kier alpha value is -1.84. The van der Waals surface area contributed by atoms with Crippen LogP contribution in [0.2, 0.25) is 0 Å². The van der Waals surface area contributed by atoms with Gasteiger partial charge < -0.3 is 10.1 Å². The van der Waals surface area contributed by atoms with Crippen LogP contribution in [0, 0.1) is 6.92 Å². The highest BCUT2D eigenvalue weighted by molar-refractivity contribution is 5.85. The molecular formula is C10H10N2O2. The topological polar surface area (TPSA) is 66.0 Å². The lowest BCUT2D eigenvalue weighted by Gasteiger charge is -1.95. The zero-order valence-electron chi connectivity index (χ0n) is 7.74. The number of carboxylic acid groups (broad SMARTS) is 1. The minimum Gasteiger partial charge on any atom is -0.481 e. The Morgan fingerprint density at radius 3 is 3.14 bits per heavy atom. The van der Waals surface area contributed by atoms with Crippen LogP contribution in [0.4, 0.5) is 0 Å². The Morgan fingerprint density at radius 1 is 1.64 bits per heavy atom. The molecule has 0 aliphatic rings. The number of hydrogen-bond acceptors (Lipinski definition) is 2. The van der Waals surface area contributed by atoms with E-state index in [1.807, 2.05) is 13.0 Å². The first-order valence-electron chi connectivity index (χ1n) is 4.32. The van der Waals surface area contributed by atoms with E-state index >= 15 is 0 Å². The Balaban J connectivity index is 2.58. The molecule has 2 aromatic rings. The first-order chi connectivity index (χ1) is 6.68. The van der Waals surface area contributed by atoms with Crippen LogP contribution in [0.5, 0.6) is 0 Å². The lowest BCUT2D eigenvalue weighted by atomic mass is 10.2. The highest BCUT2D eigenvalue weighted by Gasteiger charge is 2.09. The molecule has 2 rings (SSSR count). The molecule has 0 saturated heterocycles. The molecule has 0 aromatic carbocycles. The monoisotopic (exact) mass is 190 g/mol. The molecule has 0 aliphatic carbocycles.